The molecule has 0 radical (unpaired) electrons. The van der Waals surface area contributed by atoms with E-state index in [9.17, 15) is 4.79 Å². The lowest BCUT2D eigenvalue weighted by atomic mass is 9.98. The number of carbonyl (C=O) groups is 1. The van der Waals surface area contributed by atoms with Crippen LogP contribution >= 0.6 is 0 Å². The zero-order valence-corrected chi connectivity index (χ0v) is 9.06. The van der Waals surface area contributed by atoms with Gasteiger partial charge in [-0.15, -0.1) is 0 Å². The highest BCUT2D eigenvalue weighted by atomic mass is 16.5. The summed E-state index contributed by atoms with van der Waals surface area (Å²) in [4.78, 5) is 11.4. The molecule has 0 aromatic heterocycles. The summed E-state index contributed by atoms with van der Waals surface area (Å²) < 4.78 is 5.28. The lowest BCUT2D eigenvalue weighted by Crippen LogP contribution is -2.41. The third-order valence-corrected chi connectivity index (χ3v) is 2.84. The lowest BCUT2D eigenvalue weighted by molar-refractivity contribution is -0.119. The van der Waals surface area contributed by atoms with Crippen LogP contribution in [0.1, 0.15) is 6.42 Å². The lowest BCUT2D eigenvalue weighted by Gasteiger charge is -2.21. The van der Waals surface area contributed by atoms with Gasteiger partial charge in [0.05, 0.1) is 6.61 Å². The molecule has 1 aromatic carbocycles. The maximum atomic E-state index is 11.4. The van der Waals surface area contributed by atoms with Gasteiger partial charge in [0.2, 0.25) is 5.91 Å². The van der Waals surface area contributed by atoms with Crippen LogP contribution in [0.2, 0.25) is 0 Å². The number of benzene rings is 1. The van der Waals surface area contributed by atoms with Crippen LogP contribution in [0.15, 0.2) is 30.3 Å². The predicted octanol–water partition coefficient (Wildman–Crippen LogP) is 0.989. The Balaban J connectivity index is 2.05. The van der Waals surface area contributed by atoms with Crippen molar-refractivity contribution in [3.63, 3.8) is 0 Å². The van der Waals surface area contributed by atoms with E-state index >= 15 is 0 Å². The van der Waals surface area contributed by atoms with Gasteiger partial charge in [0.1, 0.15) is 6.04 Å². The normalized spacial score (nSPS) is 21.6. The number of carbonyl (C=O) groups excluding carboxylic acids is 1. The summed E-state index contributed by atoms with van der Waals surface area (Å²) in [6.45, 7) is 1.32. The van der Waals surface area contributed by atoms with E-state index in [1.54, 1.807) is 0 Å². The molecule has 1 heterocycles. The van der Waals surface area contributed by atoms with Crippen LogP contribution in [0, 0.1) is 5.92 Å². The number of amides is 1. The van der Waals surface area contributed by atoms with Crippen molar-refractivity contribution in [1.82, 2.24) is 0 Å². The smallest absolute Gasteiger partial charge is 0.240 e. The van der Waals surface area contributed by atoms with Gasteiger partial charge >= 0.3 is 0 Å². The second-order valence-corrected chi connectivity index (χ2v) is 4.01. The van der Waals surface area contributed by atoms with Crippen LogP contribution < -0.4 is 11.1 Å². The van der Waals surface area contributed by atoms with E-state index in [4.69, 9.17) is 10.5 Å². The van der Waals surface area contributed by atoms with Gasteiger partial charge in [-0.1, -0.05) is 18.2 Å². The second kappa shape index (κ2) is 4.99. The average Bonchev–Trinajstić information content (AvgIpc) is 2.80. The first-order valence-corrected chi connectivity index (χ1v) is 5.46. The van der Waals surface area contributed by atoms with Gasteiger partial charge < -0.3 is 15.8 Å². The first-order chi connectivity index (χ1) is 7.77. The summed E-state index contributed by atoms with van der Waals surface area (Å²) in [5, 5.41) is 3.17. The Hall–Kier alpha value is -1.55. The molecule has 3 N–H and O–H groups in total. The molecule has 1 fully saturated rings. The first kappa shape index (κ1) is 11.0. The number of hydrogen-bond acceptors (Lipinski definition) is 3. The fraction of sp³-hybridized carbons (Fsp3) is 0.417. The molecule has 1 amide bonds. The van der Waals surface area contributed by atoms with Gasteiger partial charge in [-0.2, -0.15) is 0 Å². The van der Waals surface area contributed by atoms with E-state index in [1.807, 2.05) is 30.3 Å². The van der Waals surface area contributed by atoms with Crippen molar-refractivity contribution in [1.29, 1.82) is 0 Å². The Morgan fingerprint density at radius 3 is 2.75 bits per heavy atom. The van der Waals surface area contributed by atoms with Gasteiger partial charge in [-0.3, -0.25) is 4.79 Å². The van der Waals surface area contributed by atoms with E-state index in [1.165, 1.54) is 0 Å². The molecule has 1 aliphatic heterocycles. The van der Waals surface area contributed by atoms with E-state index in [0.29, 0.717) is 13.2 Å². The van der Waals surface area contributed by atoms with Crippen LogP contribution in [-0.2, 0) is 9.53 Å². The van der Waals surface area contributed by atoms with E-state index in [0.717, 1.165) is 12.1 Å². The minimum Gasteiger partial charge on any atom is -0.381 e. The summed E-state index contributed by atoms with van der Waals surface area (Å²) >= 11 is 0. The molecule has 0 bridgehead atoms. The van der Waals surface area contributed by atoms with Crippen LogP contribution in [0.5, 0.6) is 0 Å². The molecule has 1 saturated heterocycles. The molecule has 4 nitrogen and oxygen atoms in total. The summed E-state index contributed by atoms with van der Waals surface area (Å²) in [5.74, 6) is -0.142. The molecule has 0 spiro atoms. The van der Waals surface area contributed by atoms with Gasteiger partial charge in [0, 0.05) is 18.2 Å². The Morgan fingerprint density at radius 2 is 2.19 bits per heavy atom. The Kier molecular flexibility index (Phi) is 3.41. The van der Waals surface area contributed by atoms with Gasteiger partial charge in [-0.05, 0) is 18.6 Å². The number of anilines is 1. The molecular weight excluding hydrogens is 204 g/mol. The number of rotatable bonds is 4. The maximum Gasteiger partial charge on any atom is 0.240 e. The fourth-order valence-electron chi connectivity index (χ4n) is 1.95. The number of nitrogens with two attached hydrogens (primary N) is 1. The van der Waals surface area contributed by atoms with Gasteiger partial charge in [0.15, 0.2) is 0 Å². The van der Waals surface area contributed by atoms with Crippen LogP contribution in [0.25, 0.3) is 0 Å². The Bertz CT molecular complexity index is 347. The van der Waals surface area contributed by atoms with Gasteiger partial charge in [0.25, 0.3) is 0 Å². The van der Waals surface area contributed by atoms with E-state index in [-0.39, 0.29) is 17.9 Å². The van der Waals surface area contributed by atoms with Crippen LogP contribution in [0.4, 0.5) is 5.69 Å². The largest absolute Gasteiger partial charge is 0.381 e. The molecule has 86 valence electrons. The van der Waals surface area contributed by atoms with Crippen molar-refractivity contribution in [3.8, 4) is 0 Å². The van der Waals surface area contributed by atoms with Crippen molar-refractivity contribution in [2.75, 3.05) is 18.5 Å². The number of hydrogen-bond donors (Lipinski definition) is 2. The minimum absolute atomic E-state index is 0.178. The molecule has 0 aliphatic carbocycles. The summed E-state index contributed by atoms with van der Waals surface area (Å²) in [6, 6.07) is 9.28. The summed E-state index contributed by atoms with van der Waals surface area (Å²) in [6.07, 6.45) is 0.882. The fourth-order valence-corrected chi connectivity index (χ4v) is 1.95. The molecule has 16 heavy (non-hydrogen) atoms. The standard InChI is InChI=1S/C12H16N2O2/c13-12(15)11(9-6-7-16-8-9)14-10-4-2-1-3-5-10/h1-5,9,11,14H,6-8H2,(H2,13,15). The highest BCUT2D eigenvalue weighted by Crippen LogP contribution is 2.20. The average molecular weight is 220 g/mol. The number of primary amides is 1. The second-order valence-electron chi connectivity index (χ2n) is 4.01. The first-order valence-electron chi connectivity index (χ1n) is 5.46. The monoisotopic (exact) mass is 220 g/mol. The van der Waals surface area contributed by atoms with Crippen LogP contribution in [0.3, 0.4) is 0 Å². The van der Waals surface area contributed by atoms with Crippen molar-refractivity contribution < 1.29 is 9.53 Å². The SMILES string of the molecule is NC(=O)C(Nc1ccccc1)C1CCOC1. The number of para-hydroxylation sites is 1. The van der Waals surface area contributed by atoms with Crippen molar-refractivity contribution >= 4 is 11.6 Å². The highest BCUT2D eigenvalue weighted by Gasteiger charge is 2.29. The molecular formula is C12H16N2O2. The summed E-state index contributed by atoms with van der Waals surface area (Å²) in [7, 11) is 0. The molecule has 2 unspecified atom stereocenters. The molecule has 2 atom stereocenters. The Morgan fingerprint density at radius 1 is 1.44 bits per heavy atom. The molecule has 4 heteroatoms. The molecule has 0 saturated carbocycles. The van der Waals surface area contributed by atoms with Gasteiger partial charge in [-0.25, -0.2) is 0 Å². The zero-order valence-electron chi connectivity index (χ0n) is 9.06. The molecule has 2 rings (SSSR count). The Labute approximate surface area is 94.8 Å². The van der Waals surface area contributed by atoms with Crippen molar-refractivity contribution in [3.05, 3.63) is 30.3 Å². The molecule has 1 aliphatic rings. The van der Waals surface area contributed by atoms with Crippen molar-refractivity contribution in [2.45, 2.75) is 12.5 Å². The van der Waals surface area contributed by atoms with Crippen molar-refractivity contribution in [2.24, 2.45) is 11.7 Å². The minimum atomic E-state index is -0.343. The zero-order chi connectivity index (χ0) is 11.4. The third-order valence-electron chi connectivity index (χ3n) is 2.84. The highest BCUT2D eigenvalue weighted by molar-refractivity contribution is 5.83. The van der Waals surface area contributed by atoms with Crippen LogP contribution in [-0.4, -0.2) is 25.2 Å². The topological polar surface area (TPSA) is 64.4 Å². The van der Waals surface area contributed by atoms with E-state index in [2.05, 4.69) is 5.32 Å². The van der Waals surface area contributed by atoms with E-state index < -0.39 is 0 Å². The number of nitrogens with one attached hydrogen (secondary N) is 1. The predicted molar refractivity (Wildman–Crippen MR) is 62.0 cm³/mol. The molecule has 1 aromatic rings. The number of ether oxygens (including phenoxy) is 1. The third kappa shape index (κ3) is 2.52. The quantitative estimate of drug-likeness (QED) is 0.795. The summed E-state index contributed by atoms with van der Waals surface area (Å²) in [5.41, 5.74) is 6.32. The maximum absolute atomic E-state index is 11.4.